The fourth-order valence-corrected chi connectivity index (χ4v) is 10.1. The largest absolute Gasteiger partial charge is 0.343 e. The lowest BCUT2D eigenvalue weighted by Crippen LogP contribution is -2.62. The molecule has 1 aliphatic heterocycles. The molecule has 0 aliphatic carbocycles. The molecule has 1 fully saturated rings. The molecule has 2 aromatic carbocycles. The minimum atomic E-state index is -1.27. The van der Waals surface area contributed by atoms with E-state index in [2.05, 4.69) is 53.2 Å². The molecule has 1 aliphatic rings. The molecular weight excluding hydrogens is 1070 g/mol. The molecule has 0 saturated carbocycles. The number of amides is 10. The lowest BCUT2D eigenvalue weighted by atomic mass is 9.96. The van der Waals surface area contributed by atoms with Crippen LogP contribution in [0.25, 0.3) is 0 Å². The summed E-state index contributed by atoms with van der Waals surface area (Å²) in [6.07, 6.45) is 0.827. The zero-order valence-electron chi connectivity index (χ0n) is 52.9. The Bertz CT molecular complexity index is 2310. The molecular formula is C64H102N10O10. The summed E-state index contributed by atoms with van der Waals surface area (Å²) >= 11 is 0. The van der Waals surface area contributed by atoms with Crippen molar-refractivity contribution in [3.05, 3.63) is 71.8 Å². The fourth-order valence-electron chi connectivity index (χ4n) is 10.1. The maximum Gasteiger partial charge on any atom is 0.243 e. The fraction of sp³-hybridized carbons (Fsp3) is 0.656. The molecule has 1 heterocycles. The van der Waals surface area contributed by atoms with E-state index in [1.165, 1.54) is 0 Å². The van der Waals surface area contributed by atoms with E-state index in [9.17, 15) is 47.9 Å². The SMILES string of the molecule is CC(C)C[C@@H]1NC(=O)[C@H](Cc2ccccc2)NC(=O)[C@H](CC(C)C)NC(=O)[C@@H](C(C)C)NC(=O)[C@@H](CC(C)C)NC(=O)[C@H](CC(C)C)NC(=O)[C@H](Cc2ccccc2)NC(=O)[C@H](CC(C)C)NC(=O)[C@@H](C(C)C)NC(=O)[C@@H](CC(C)C)NC1=O. The van der Waals surface area contributed by atoms with E-state index in [0.29, 0.717) is 11.1 Å². The highest BCUT2D eigenvalue weighted by atomic mass is 16.2. The summed E-state index contributed by atoms with van der Waals surface area (Å²) in [6.45, 7) is 29.4. The summed E-state index contributed by atoms with van der Waals surface area (Å²) in [5.74, 6) is -8.73. The molecule has 2 aromatic rings. The summed E-state index contributed by atoms with van der Waals surface area (Å²) < 4.78 is 0. The van der Waals surface area contributed by atoms with Gasteiger partial charge in [-0.1, -0.05) is 171 Å². The first-order valence-corrected chi connectivity index (χ1v) is 30.5. The number of benzene rings is 2. The van der Waals surface area contributed by atoms with Gasteiger partial charge in [0, 0.05) is 12.8 Å². The number of rotatable bonds is 18. The van der Waals surface area contributed by atoms with Gasteiger partial charge >= 0.3 is 0 Å². The molecule has 0 radical (unpaired) electrons. The van der Waals surface area contributed by atoms with Crippen LogP contribution in [-0.4, -0.2) is 119 Å². The first-order valence-electron chi connectivity index (χ1n) is 30.5. The van der Waals surface area contributed by atoms with Crippen molar-refractivity contribution in [2.75, 3.05) is 0 Å². The average molecular weight is 1170 g/mol. The maximum atomic E-state index is 14.7. The molecule has 20 nitrogen and oxygen atoms in total. The van der Waals surface area contributed by atoms with Crippen molar-refractivity contribution in [2.24, 2.45) is 47.3 Å². The lowest BCUT2D eigenvalue weighted by Gasteiger charge is -2.31. The van der Waals surface area contributed by atoms with Crippen molar-refractivity contribution in [1.82, 2.24) is 53.2 Å². The third kappa shape index (κ3) is 24.8. The van der Waals surface area contributed by atoms with Gasteiger partial charge in [-0.3, -0.25) is 47.9 Å². The molecule has 3 rings (SSSR count). The van der Waals surface area contributed by atoms with Crippen LogP contribution in [0.4, 0.5) is 0 Å². The molecule has 10 N–H and O–H groups in total. The minimum absolute atomic E-state index is 0.00287. The van der Waals surface area contributed by atoms with Gasteiger partial charge < -0.3 is 53.2 Å². The average Bonchev–Trinajstić information content (AvgIpc) is 3.36. The van der Waals surface area contributed by atoms with Gasteiger partial charge in [-0.15, -0.1) is 0 Å². The van der Waals surface area contributed by atoms with Crippen LogP contribution in [0.15, 0.2) is 60.7 Å². The number of carbonyl (C=O) groups excluding carboxylic acids is 10. The Morgan fingerprint density at radius 1 is 0.250 bits per heavy atom. The minimum Gasteiger partial charge on any atom is -0.343 e. The highest BCUT2D eigenvalue weighted by Crippen LogP contribution is 2.17. The van der Waals surface area contributed by atoms with Crippen LogP contribution in [0.5, 0.6) is 0 Å². The summed E-state index contributed by atoms with van der Waals surface area (Å²) in [4.78, 5) is 146. The zero-order valence-corrected chi connectivity index (χ0v) is 52.9. The first kappa shape index (κ1) is 71.4. The maximum absolute atomic E-state index is 14.7. The molecule has 0 spiro atoms. The third-order valence-electron chi connectivity index (χ3n) is 14.4. The lowest BCUT2D eigenvalue weighted by molar-refractivity contribution is -0.137. The van der Waals surface area contributed by atoms with Crippen molar-refractivity contribution in [2.45, 2.75) is 223 Å². The zero-order chi connectivity index (χ0) is 63.1. The second-order valence-electron chi connectivity index (χ2n) is 26.1. The molecule has 468 valence electrons. The van der Waals surface area contributed by atoms with Gasteiger partial charge in [-0.05, 0) is 97.0 Å². The van der Waals surface area contributed by atoms with E-state index < -0.39 is 131 Å². The van der Waals surface area contributed by atoms with Crippen molar-refractivity contribution < 1.29 is 47.9 Å². The van der Waals surface area contributed by atoms with Crippen LogP contribution in [0, 0.1) is 47.3 Å². The molecule has 0 unspecified atom stereocenters. The molecule has 1 saturated heterocycles. The van der Waals surface area contributed by atoms with Gasteiger partial charge in [-0.25, -0.2) is 0 Å². The Kier molecular flexibility index (Phi) is 29.6. The van der Waals surface area contributed by atoms with E-state index in [0.717, 1.165) is 0 Å². The van der Waals surface area contributed by atoms with Crippen LogP contribution < -0.4 is 53.2 Å². The summed E-state index contributed by atoms with van der Waals surface area (Å²) in [7, 11) is 0. The van der Waals surface area contributed by atoms with Gasteiger partial charge in [0.05, 0.1) is 0 Å². The van der Waals surface area contributed by atoms with Crippen LogP contribution in [0.3, 0.4) is 0 Å². The van der Waals surface area contributed by atoms with Crippen LogP contribution in [-0.2, 0) is 60.8 Å². The van der Waals surface area contributed by atoms with Crippen LogP contribution in [0.1, 0.15) is 160 Å². The molecule has 10 atom stereocenters. The van der Waals surface area contributed by atoms with Crippen molar-refractivity contribution in [1.29, 1.82) is 0 Å². The van der Waals surface area contributed by atoms with Crippen molar-refractivity contribution in [3.63, 3.8) is 0 Å². The number of nitrogens with one attached hydrogen (secondary N) is 10. The van der Waals surface area contributed by atoms with Crippen molar-refractivity contribution in [3.8, 4) is 0 Å². The Balaban J connectivity index is 2.29. The van der Waals surface area contributed by atoms with E-state index >= 15 is 0 Å². The van der Waals surface area contributed by atoms with Gasteiger partial charge in [0.15, 0.2) is 0 Å². The highest BCUT2D eigenvalue weighted by Gasteiger charge is 2.39. The van der Waals surface area contributed by atoms with E-state index in [1.54, 1.807) is 76.2 Å². The quantitative estimate of drug-likeness (QED) is 0.0961. The van der Waals surface area contributed by atoms with Gasteiger partial charge in [0.1, 0.15) is 60.4 Å². The molecule has 20 heteroatoms. The predicted octanol–water partition coefficient (Wildman–Crippen LogP) is 4.92. The Labute approximate surface area is 500 Å². The summed E-state index contributed by atoms with van der Waals surface area (Å²) in [6, 6.07) is 5.81. The normalized spacial score (nSPS) is 25.0. The van der Waals surface area contributed by atoms with Crippen molar-refractivity contribution >= 4 is 59.1 Å². The first-order chi connectivity index (χ1) is 39.3. The molecule has 84 heavy (non-hydrogen) atoms. The van der Waals surface area contributed by atoms with Crippen LogP contribution in [0.2, 0.25) is 0 Å². The van der Waals surface area contributed by atoms with Crippen LogP contribution >= 0.6 is 0 Å². The second kappa shape index (κ2) is 34.8. The van der Waals surface area contributed by atoms with E-state index in [1.807, 2.05) is 95.2 Å². The number of carbonyl (C=O) groups is 10. The Hall–Kier alpha value is -6.86. The molecule has 10 amide bonds. The van der Waals surface area contributed by atoms with Gasteiger partial charge in [0.2, 0.25) is 59.1 Å². The summed E-state index contributed by atoms with van der Waals surface area (Å²) in [5, 5.41) is 28.6. The Morgan fingerprint density at radius 2 is 0.429 bits per heavy atom. The topological polar surface area (TPSA) is 291 Å². The standard InChI is InChI=1S/C64H102N10O10/c1-35(2)27-45-55(75)67-49(31-39(9)10)61(81)73-53(41(13)14)63(83)72-48(30-38(7)8)58(78)70-52(34-44-25-21-18-22-26-44)60(80)66-46(28-36(3)4)56(76)68-50(32-40(11)12)62(82)74-54(42(15)16)64(84)71-47(29-37(5)6)57(77)69-51(59(79)65-45)33-43-23-19-17-20-24-43/h17-26,35-42,45-54H,27-34H2,1-16H3,(H,65,79)(H,66,80)(H,67,75)(H,68,76)(H,69,77)(H,70,78)(H,71,84)(H,72,83)(H,73,81)(H,74,82)/t45-,46-,47-,48-,49+,50+,51-,52-,53+,54+/m0/s1. The third-order valence-corrected chi connectivity index (χ3v) is 14.4. The van der Waals surface area contributed by atoms with E-state index in [-0.39, 0.29) is 86.9 Å². The molecule has 0 aromatic heterocycles. The Morgan fingerprint density at radius 3 is 0.631 bits per heavy atom. The van der Waals surface area contributed by atoms with Gasteiger partial charge in [0.25, 0.3) is 0 Å². The summed E-state index contributed by atoms with van der Waals surface area (Å²) in [5.41, 5.74) is 1.38. The molecule has 0 bridgehead atoms. The monoisotopic (exact) mass is 1170 g/mol. The van der Waals surface area contributed by atoms with Gasteiger partial charge in [-0.2, -0.15) is 0 Å². The number of hydrogen-bond donors (Lipinski definition) is 10. The number of hydrogen-bond acceptors (Lipinski definition) is 10. The smallest absolute Gasteiger partial charge is 0.243 e. The predicted molar refractivity (Wildman–Crippen MR) is 326 cm³/mol. The van der Waals surface area contributed by atoms with E-state index in [4.69, 9.17) is 0 Å². The second-order valence-corrected chi connectivity index (χ2v) is 26.1. The highest BCUT2D eigenvalue weighted by molar-refractivity contribution is 5.99.